The van der Waals surface area contributed by atoms with E-state index in [1.807, 2.05) is 12.1 Å². The Morgan fingerprint density at radius 1 is 0.966 bits per heavy atom. The SMILES string of the molecule is CC(C)CCC(=O)N1CCC(C2CCN(c3ccc(S(C)(=O)=O)cc3)CC2)CC1. The van der Waals surface area contributed by atoms with E-state index in [2.05, 4.69) is 23.6 Å². The second-order valence-electron chi connectivity index (χ2n) is 9.24. The van der Waals surface area contributed by atoms with Crippen LogP contribution >= 0.6 is 0 Å². The zero-order chi connectivity index (χ0) is 21.0. The van der Waals surface area contributed by atoms with E-state index < -0.39 is 9.84 Å². The predicted molar refractivity (Wildman–Crippen MR) is 118 cm³/mol. The van der Waals surface area contributed by atoms with Crippen LogP contribution in [0.15, 0.2) is 29.2 Å². The van der Waals surface area contributed by atoms with E-state index in [9.17, 15) is 13.2 Å². The van der Waals surface area contributed by atoms with Crippen molar-refractivity contribution in [2.24, 2.45) is 17.8 Å². The molecule has 1 aromatic rings. The lowest BCUT2D eigenvalue weighted by atomic mass is 9.78. The van der Waals surface area contributed by atoms with Gasteiger partial charge in [-0.25, -0.2) is 8.42 Å². The Hall–Kier alpha value is -1.56. The minimum absolute atomic E-state index is 0.338. The maximum Gasteiger partial charge on any atom is 0.222 e. The minimum Gasteiger partial charge on any atom is -0.372 e. The molecule has 6 heteroatoms. The Morgan fingerprint density at radius 3 is 1.97 bits per heavy atom. The molecule has 0 radical (unpaired) electrons. The summed E-state index contributed by atoms with van der Waals surface area (Å²) in [5, 5.41) is 0. The molecule has 162 valence electrons. The van der Waals surface area contributed by atoms with Crippen LogP contribution in [0.25, 0.3) is 0 Å². The van der Waals surface area contributed by atoms with Crippen molar-refractivity contribution in [3.05, 3.63) is 24.3 Å². The molecule has 0 N–H and O–H groups in total. The fourth-order valence-electron chi connectivity index (χ4n) is 4.72. The molecule has 0 atom stereocenters. The van der Waals surface area contributed by atoms with Crippen LogP contribution in [-0.2, 0) is 14.6 Å². The number of hydrogen-bond donors (Lipinski definition) is 0. The van der Waals surface area contributed by atoms with Gasteiger partial charge in [-0.15, -0.1) is 0 Å². The summed E-state index contributed by atoms with van der Waals surface area (Å²) < 4.78 is 23.3. The summed E-state index contributed by atoms with van der Waals surface area (Å²) in [6.45, 7) is 8.24. The number of rotatable bonds is 6. The number of anilines is 1. The quantitative estimate of drug-likeness (QED) is 0.698. The highest BCUT2D eigenvalue weighted by molar-refractivity contribution is 7.90. The minimum atomic E-state index is -3.14. The molecule has 0 aromatic heterocycles. The molecule has 1 aromatic carbocycles. The molecule has 0 saturated carbocycles. The van der Waals surface area contributed by atoms with Crippen LogP contribution in [0.3, 0.4) is 0 Å². The number of carbonyl (C=O) groups is 1. The first kappa shape index (κ1) is 22.1. The van der Waals surface area contributed by atoms with Crippen molar-refractivity contribution in [3.8, 4) is 0 Å². The second-order valence-corrected chi connectivity index (χ2v) is 11.3. The molecule has 2 saturated heterocycles. The summed E-state index contributed by atoms with van der Waals surface area (Å²) in [5.41, 5.74) is 1.11. The summed E-state index contributed by atoms with van der Waals surface area (Å²) >= 11 is 0. The molecule has 5 nitrogen and oxygen atoms in total. The van der Waals surface area contributed by atoms with Crippen molar-refractivity contribution in [1.29, 1.82) is 0 Å². The highest BCUT2D eigenvalue weighted by atomic mass is 32.2. The molecular formula is C23H36N2O3S. The monoisotopic (exact) mass is 420 g/mol. The standard InChI is InChI=1S/C23H36N2O3S/c1-18(2)4-9-23(26)25-16-12-20(13-17-25)19-10-14-24(15-11-19)21-5-7-22(8-6-21)29(3,27)28/h5-8,18-20H,4,9-17H2,1-3H3. The number of sulfone groups is 1. The van der Waals surface area contributed by atoms with Crippen LogP contribution in [-0.4, -0.2) is 51.7 Å². The summed E-state index contributed by atoms with van der Waals surface area (Å²) in [5.74, 6) is 2.40. The summed E-state index contributed by atoms with van der Waals surface area (Å²) in [6, 6.07) is 7.28. The number of piperidine rings is 2. The molecule has 2 fully saturated rings. The number of nitrogens with zero attached hydrogens (tertiary/aromatic N) is 2. The molecular weight excluding hydrogens is 384 g/mol. The maximum atomic E-state index is 12.4. The Balaban J connectivity index is 1.45. The van der Waals surface area contributed by atoms with Gasteiger partial charge >= 0.3 is 0 Å². The first-order valence-corrected chi connectivity index (χ1v) is 13.0. The summed E-state index contributed by atoms with van der Waals surface area (Å²) in [7, 11) is -3.14. The molecule has 29 heavy (non-hydrogen) atoms. The fraction of sp³-hybridized carbons (Fsp3) is 0.696. The molecule has 0 unspecified atom stereocenters. The number of amides is 1. The van der Waals surface area contributed by atoms with Gasteiger partial charge in [-0.2, -0.15) is 0 Å². The van der Waals surface area contributed by atoms with Gasteiger partial charge in [0, 0.05) is 44.5 Å². The molecule has 2 heterocycles. The third kappa shape index (κ3) is 5.97. The van der Waals surface area contributed by atoms with Crippen LogP contribution < -0.4 is 4.90 Å². The normalized spacial score (nSPS) is 19.7. The Labute approximate surface area is 176 Å². The van der Waals surface area contributed by atoms with E-state index in [0.717, 1.165) is 63.0 Å². The van der Waals surface area contributed by atoms with Gasteiger partial charge in [-0.3, -0.25) is 4.79 Å². The van der Waals surface area contributed by atoms with Crippen molar-refractivity contribution >= 4 is 21.4 Å². The van der Waals surface area contributed by atoms with E-state index in [1.165, 1.54) is 19.1 Å². The van der Waals surface area contributed by atoms with Crippen LogP contribution in [0.2, 0.25) is 0 Å². The van der Waals surface area contributed by atoms with E-state index in [0.29, 0.717) is 23.1 Å². The van der Waals surface area contributed by atoms with Gasteiger partial charge in [-0.1, -0.05) is 13.8 Å². The second kappa shape index (κ2) is 9.50. The largest absolute Gasteiger partial charge is 0.372 e. The highest BCUT2D eigenvalue weighted by Crippen LogP contribution is 2.34. The van der Waals surface area contributed by atoms with E-state index >= 15 is 0 Å². The van der Waals surface area contributed by atoms with Crippen LogP contribution in [0.4, 0.5) is 5.69 Å². The van der Waals surface area contributed by atoms with Crippen LogP contribution in [0, 0.1) is 17.8 Å². The molecule has 0 aliphatic carbocycles. The zero-order valence-electron chi connectivity index (χ0n) is 18.1. The van der Waals surface area contributed by atoms with Crippen molar-refractivity contribution in [2.75, 3.05) is 37.3 Å². The first-order chi connectivity index (χ1) is 13.7. The Morgan fingerprint density at radius 2 is 1.48 bits per heavy atom. The molecule has 3 rings (SSSR count). The average Bonchev–Trinajstić information content (AvgIpc) is 2.72. The molecule has 0 bridgehead atoms. The molecule has 2 aliphatic heterocycles. The lowest BCUT2D eigenvalue weighted by molar-refractivity contribution is -0.133. The van der Waals surface area contributed by atoms with Gasteiger partial charge in [0.05, 0.1) is 4.90 Å². The highest BCUT2D eigenvalue weighted by Gasteiger charge is 2.30. The van der Waals surface area contributed by atoms with Gasteiger partial charge in [0.2, 0.25) is 5.91 Å². The molecule has 0 spiro atoms. The van der Waals surface area contributed by atoms with Gasteiger partial charge < -0.3 is 9.80 Å². The van der Waals surface area contributed by atoms with Crippen LogP contribution in [0.1, 0.15) is 52.4 Å². The van der Waals surface area contributed by atoms with Crippen molar-refractivity contribution in [1.82, 2.24) is 4.90 Å². The average molecular weight is 421 g/mol. The molecule has 2 aliphatic rings. The zero-order valence-corrected chi connectivity index (χ0v) is 19.0. The lowest BCUT2D eigenvalue weighted by Crippen LogP contribution is -2.42. The lowest BCUT2D eigenvalue weighted by Gasteiger charge is -2.41. The molecule has 1 amide bonds. The van der Waals surface area contributed by atoms with Gasteiger partial charge in [0.25, 0.3) is 0 Å². The third-order valence-electron chi connectivity index (χ3n) is 6.66. The topological polar surface area (TPSA) is 57.7 Å². The van der Waals surface area contributed by atoms with Crippen molar-refractivity contribution in [3.63, 3.8) is 0 Å². The Kier molecular flexibility index (Phi) is 7.25. The van der Waals surface area contributed by atoms with Crippen molar-refractivity contribution < 1.29 is 13.2 Å². The number of benzene rings is 1. The smallest absolute Gasteiger partial charge is 0.222 e. The first-order valence-electron chi connectivity index (χ1n) is 11.1. The number of likely N-dealkylation sites (tertiary alicyclic amines) is 1. The van der Waals surface area contributed by atoms with Gasteiger partial charge in [-0.05, 0) is 74.1 Å². The van der Waals surface area contributed by atoms with E-state index in [1.54, 1.807) is 12.1 Å². The van der Waals surface area contributed by atoms with Gasteiger partial charge in [0.1, 0.15) is 0 Å². The van der Waals surface area contributed by atoms with E-state index in [-0.39, 0.29) is 0 Å². The fourth-order valence-corrected chi connectivity index (χ4v) is 5.35. The summed E-state index contributed by atoms with van der Waals surface area (Å²) in [4.78, 5) is 17.2. The van der Waals surface area contributed by atoms with Crippen molar-refractivity contribution in [2.45, 2.75) is 57.3 Å². The third-order valence-corrected chi connectivity index (χ3v) is 7.79. The maximum absolute atomic E-state index is 12.4. The number of carbonyl (C=O) groups excluding carboxylic acids is 1. The summed E-state index contributed by atoms with van der Waals surface area (Å²) in [6.07, 6.45) is 7.57. The number of hydrogen-bond acceptors (Lipinski definition) is 4. The predicted octanol–water partition coefficient (Wildman–Crippen LogP) is 3.98. The van der Waals surface area contributed by atoms with E-state index in [4.69, 9.17) is 0 Å². The van der Waals surface area contributed by atoms with Crippen LogP contribution in [0.5, 0.6) is 0 Å². The van der Waals surface area contributed by atoms with Gasteiger partial charge in [0.15, 0.2) is 9.84 Å². The Bertz CT molecular complexity index is 773.